The third kappa shape index (κ3) is 4.10. The number of allylic oxidation sites excluding steroid dienone is 2. The largest absolute Gasteiger partial charge is 0.497 e. The minimum absolute atomic E-state index is 0.0397. The molecular formula is C24H21N3O5S. The molecule has 168 valence electrons. The van der Waals surface area contributed by atoms with E-state index in [-0.39, 0.29) is 11.2 Å². The average Bonchev–Trinajstić information content (AvgIpc) is 3.12. The molecule has 0 radical (unpaired) electrons. The molecular weight excluding hydrogens is 442 g/mol. The Morgan fingerprint density at radius 1 is 1.24 bits per heavy atom. The summed E-state index contributed by atoms with van der Waals surface area (Å²) in [6, 6.07) is 13.1. The highest BCUT2D eigenvalue weighted by atomic mass is 32.1. The first-order chi connectivity index (χ1) is 15.8. The van der Waals surface area contributed by atoms with Crippen LogP contribution in [0.3, 0.4) is 0 Å². The number of benzene rings is 2. The zero-order chi connectivity index (χ0) is 23.7. The molecule has 1 unspecified atom stereocenters. The number of ether oxygens (including phenoxy) is 2. The molecule has 33 heavy (non-hydrogen) atoms. The van der Waals surface area contributed by atoms with Gasteiger partial charge < -0.3 is 9.47 Å². The van der Waals surface area contributed by atoms with Crippen molar-refractivity contribution in [2.24, 2.45) is 4.99 Å². The summed E-state index contributed by atoms with van der Waals surface area (Å²) in [6.07, 6.45) is 1.64. The normalized spacial score (nSPS) is 15.6. The molecule has 0 spiro atoms. The van der Waals surface area contributed by atoms with Crippen molar-refractivity contribution in [3.8, 4) is 5.75 Å². The number of hydrogen-bond donors (Lipinski definition) is 0. The standard InChI is InChI=1S/C24H21N3O5S/c1-14-21(15(2)31-3)22(17-8-10-19(32-4)11-9-17)26-23(28)20(33-24(26)25-14)13-16-6-5-7-18(12-16)27(29)30/h5-13,22H,2H2,1,3-4H3/b20-13-. The highest BCUT2D eigenvalue weighted by Crippen LogP contribution is 2.34. The van der Waals surface area contributed by atoms with Gasteiger partial charge in [0, 0.05) is 23.4 Å². The lowest BCUT2D eigenvalue weighted by Crippen LogP contribution is -2.38. The molecule has 1 aliphatic heterocycles. The van der Waals surface area contributed by atoms with Gasteiger partial charge in [0.15, 0.2) is 4.80 Å². The molecule has 2 heterocycles. The molecule has 0 fully saturated rings. The van der Waals surface area contributed by atoms with Gasteiger partial charge in [0.1, 0.15) is 11.5 Å². The first kappa shape index (κ1) is 22.2. The maximum absolute atomic E-state index is 13.5. The molecule has 1 atom stereocenters. The summed E-state index contributed by atoms with van der Waals surface area (Å²) >= 11 is 1.23. The molecule has 1 aliphatic rings. The van der Waals surface area contributed by atoms with Crippen molar-refractivity contribution in [1.29, 1.82) is 0 Å². The summed E-state index contributed by atoms with van der Waals surface area (Å²) in [6.45, 7) is 5.87. The van der Waals surface area contributed by atoms with Crippen molar-refractivity contribution in [3.63, 3.8) is 0 Å². The van der Waals surface area contributed by atoms with Crippen LogP contribution < -0.4 is 19.6 Å². The summed E-state index contributed by atoms with van der Waals surface area (Å²) in [4.78, 5) is 29.4. The zero-order valence-electron chi connectivity index (χ0n) is 18.3. The van der Waals surface area contributed by atoms with Crippen LogP contribution in [0.4, 0.5) is 5.69 Å². The lowest BCUT2D eigenvalue weighted by atomic mass is 9.94. The summed E-state index contributed by atoms with van der Waals surface area (Å²) < 4.78 is 12.7. The predicted octanol–water partition coefficient (Wildman–Crippen LogP) is 3.31. The molecule has 0 aliphatic carbocycles. The SMILES string of the molecule is C=C(OC)C1=C(C)N=c2s/c(=C\c3cccc([N+](=O)[O-])c3)c(=O)n2C1c1ccc(OC)cc1. The maximum Gasteiger partial charge on any atom is 0.271 e. The Bertz CT molecular complexity index is 1460. The van der Waals surface area contributed by atoms with E-state index in [4.69, 9.17) is 9.47 Å². The van der Waals surface area contributed by atoms with Crippen LogP contribution >= 0.6 is 11.3 Å². The van der Waals surface area contributed by atoms with Crippen LogP contribution in [0.1, 0.15) is 24.1 Å². The van der Waals surface area contributed by atoms with Crippen molar-refractivity contribution in [2.45, 2.75) is 13.0 Å². The number of fused-ring (bicyclic) bond motifs is 1. The van der Waals surface area contributed by atoms with Gasteiger partial charge in [-0.25, -0.2) is 4.99 Å². The number of non-ortho nitro benzene ring substituents is 1. The third-order valence-electron chi connectivity index (χ3n) is 5.38. The summed E-state index contributed by atoms with van der Waals surface area (Å²) in [5, 5.41) is 11.1. The highest BCUT2D eigenvalue weighted by molar-refractivity contribution is 7.07. The molecule has 0 bridgehead atoms. The van der Waals surface area contributed by atoms with Crippen LogP contribution in [0.2, 0.25) is 0 Å². The highest BCUT2D eigenvalue weighted by Gasteiger charge is 2.30. The lowest BCUT2D eigenvalue weighted by molar-refractivity contribution is -0.384. The van der Waals surface area contributed by atoms with E-state index in [1.54, 1.807) is 29.9 Å². The van der Waals surface area contributed by atoms with Crippen LogP contribution in [-0.2, 0) is 4.74 Å². The number of nitrogens with zero attached hydrogens (tertiary/aromatic N) is 3. The zero-order valence-corrected chi connectivity index (χ0v) is 19.1. The smallest absolute Gasteiger partial charge is 0.271 e. The number of nitro groups is 1. The molecule has 4 rings (SSSR count). The molecule has 8 nitrogen and oxygen atoms in total. The molecule has 3 aromatic rings. The summed E-state index contributed by atoms with van der Waals surface area (Å²) in [5.74, 6) is 1.12. The van der Waals surface area contributed by atoms with Gasteiger partial charge in [-0.1, -0.05) is 42.2 Å². The first-order valence-corrected chi connectivity index (χ1v) is 10.8. The van der Waals surface area contributed by atoms with E-state index in [0.29, 0.717) is 37.7 Å². The van der Waals surface area contributed by atoms with Crippen molar-refractivity contribution >= 4 is 23.1 Å². The molecule has 0 amide bonds. The lowest BCUT2D eigenvalue weighted by Gasteiger charge is -2.26. The maximum atomic E-state index is 13.5. The summed E-state index contributed by atoms with van der Waals surface area (Å²) in [7, 11) is 3.12. The molecule has 0 saturated heterocycles. The van der Waals surface area contributed by atoms with E-state index in [1.807, 2.05) is 31.2 Å². The van der Waals surface area contributed by atoms with Crippen molar-refractivity contribution in [3.05, 3.63) is 113 Å². The van der Waals surface area contributed by atoms with E-state index in [9.17, 15) is 14.9 Å². The second-order valence-corrected chi connectivity index (χ2v) is 8.34. The van der Waals surface area contributed by atoms with Gasteiger partial charge in [0.25, 0.3) is 11.2 Å². The molecule has 0 N–H and O–H groups in total. The average molecular weight is 464 g/mol. The van der Waals surface area contributed by atoms with Gasteiger partial charge in [-0.3, -0.25) is 19.5 Å². The monoisotopic (exact) mass is 463 g/mol. The van der Waals surface area contributed by atoms with Crippen LogP contribution in [0.5, 0.6) is 5.75 Å². The van der Waals surface area contributed by atoms with Crippen molar-refractivity contribution in [1.82, 2.24) is 4.57 Å². The Morgan fingerprint density at radius 3 is 2.61 bits per heavy atom. The number of aromatic nitrogens is 1. The van der Waals surface area contributed by atoms with E-state index in [1.165, 1.54) is 30.6 Å². The van der Waals surface area contributed by atoms with Crippen LogP contribution in [-0.4, -0.2) is 23.7 Å². The number of thiazole rings is 1. The number of methoxy groups -OCH3 is 2. The van der Waals surface area contributed by atoms with Crippen LogP contribution in [0.15, 0.2) is 81.9 Å². The number of nitro benzene ring substituents is 1. The second kappa shape index (κ2) is 8.87. The fourth-order valence-electron chi connectivity index (χ4n) is 3.77. The van der Waals surface area contributed by atoms with E-state index >= 15 is 0 Å². The third-order valence-corrected chi connectivity index (χ3v) is 6.36. The quantitative estimate of drug-likeness (QED) is 0.317. The predicted molar refractivity (Wildman–Crippen MR) is 126 cm³/mol. The Kier molecular flexibility index (Phi) is 5.97. The Balaban J connectivity index is 1.94. The van der Waals surface area contributed by atoms with Gasteiger partial charge in [0.05, 0.1) is 29.7 Å². The minimum atomic E-state index is -0.494. The van der Waals surface area contributed by atoms with Gasteiger partial charge in [-0.05, 0) is 36.3 Å². The van der Waals surface area contributed by atoms with Gasteiger partial charge in [-0.2, -0.15) is 0 Å². The van der Waals surface area contributed by atoms with Crippen LogP contribution in [0.25, 0.3) is 6.08 Å². The summed E-state index contributed by atoms with van der Waals surface area (Å²) in [5.41, 5.74) is 2.53. The molecule has 0 saturated carbocycles. The minimum Gasteiger partial charge on any atom is -0.497 e. The number of rotatable bonds is 6. The van der Waals surface area contributed by atoms with Gasteiger partial charge >= 0.3 is 0 Å². The Hall–Kier alpha value is -3.98. The molecule has 2 aromatic carbocycles. The first-order valence-electron chi connectivity index (χ1n) is 9.98. The van der Waals surface area contributed by atoms with Gasteiger partial charge in [0.2, 0.25) is 0 Å². The second-order valence-electron chi connectivity index (χ2n) is 7.33. The topological polar surface area (TPSA) is 96.0 Å². The van der Waals surface area contributed by atoms with Crippen LogP contribution in [0, 0.1) is 10.1 Å². The van der Waals surface area contributed by atoms with Gasteiger partial charge in [-0.15, -0.1) is 0 Å². The van der Waals surface area contributed by atoms with E-state index < -0.39 is 11.0 Å². The van der Waals surface area contributed by atoms with E-state index in [2.05, 4.69) is 11.6 Å². The fourth-order valence-corrected chi connectivity index (χ4v) is 4.82. The fraction of sp³-hybridized carbons (Fsp3) is 0.167. The van der Waals surface area contributed by atoms with E-state index in [0.717, 1.165) is 5.56 Å². The van der Waals surface area contributed by atoms with Crippen molar-refractivity contribution in [2.75, 3.05) is 14.2 Å². The van der Waals surface area contributed by atoms with Crippen molar-refractivity contribution < 1.29 is 14.4 Å². The number of hydrogen-bond acceptors (Lipinski definition) is 7. The Labute approximate surface area is 193 Å². The molecule has 1 aromatic heterocycles. The Morgan fingerprint density at radius 2 is 1.97 bits per heavy atom. The molecule has 9 heteroatoms.